The molecular formula is C15H22O3. The van der Waals surface area contributed by atoms with Gasteiger partial charge in [0, 0.05) is 6.42 Å². The molecule has 0 aliphatic carbocycles. The first-order valence-corrected chi connectivity index (χ1v) is 6.28. The van der Waals surface area contributed by atoms with Crippen molar-refractivity contribution < 1.29 is 14.3 Å². The average molecular weight is 250 g/mol. The monoisotopic (exact) mass is 250 g/mol. The number of hydrogen-bond donors (Lipinski definition) is 0. The Morgan fingerprint density at radius 1 is 1.22 bits per heavy atom. The van der Waals surface area contributed by atoms with Crippen molar-refractivity contribution in [2.75, 3.05) is 6.61 Å². The first-order valence-electron chi connectivity index (χ1n) is 6.28. The van der Waals surface area contributed by atoms with E-state index in [4.69, 9.17) is 9.47 Å². The Bertz CT molecular complexity index is 365. The molecule has 0 heterocycles. The lowest BCUT2D eigenvalue weighted by molar-refractivity contribution is -0.153. The number of hydrogen-bond acceptors (Lipinski definition) is 3. The summed E-state index contributed by atoms with van der Waals surface area (Å²) in [5.74, 6) is 0.668. The Hall–Kier alpha value is -1.51. The Morgan fingerprint density at radius 2 is 1.83 bits per heavy atom. The van der Waals surface area contributed by atoms with E-state index in [1.54, 1.807) is 0 Å². The molecule has 0 aliphatic heterocycles. The predicted molar refractivity (Wildman–Crippen MR) is 71.6 cm³/mol. The zero-order chi connectivity index (χ0) is 13.6. The van der Waals surface area contributed by atoms with Gasteiger partial charge in [0.15, 0.2) is 0 Å². The molecule has 0 N–H and O–H groups in total. The van der Waals surface area contributed by atoms with Crippen molar-refractivity contribution in [2.45, 2.75) is 40.2 Å². The van der Waals surface area contributed by atoms with E-state index in [2.05, 4.69) is 0 Å². The maximum atomic E-state index is 11.5. The van der Waals surface area contributed by atoms with Crippen LogP contribution in [-0.4, -0.2) is 18.7 Å². The molecule has 0 saturated carbocycles. The Morgan fingerprint density at radius 3 is 2.39 bits per heavy atom. The van der Waals surface area contributed by atoms with Gasteiger partial charge in [-0.25, -0.2) is 0 Å². The van der Waals surface area contributed by atoms with Gasteiger partial charge in [0.2, 0.25) is 0 Å². The van der Waals surface area contributed by atoms with Crippen LogP contribution in [0.2, 0.25) is 0 Å². The fraction of sp³-hybridized carbons (Fsp3) is 0.533. The topological polar surface area (TPSA) is 35.5 Å². The second-order valence-electron chi connectivity index (χ2n) is 5.42. The second-order valence-corrected chi connectivity index (χ2v) is 5.42. The van der Waals surface area contributed by atoms with Crippen LogP contribution < -0.4 is 4.74 Å². The minimum atomic E-state index is -0.441. The summed E-state index contributed by atoms with van der Waals surface area (Å²) >= 11 is 0. The molecule has 3 nitrogen and oxygen atoms in total. The van der Waals surface area contributed by atoms with Gasteiger partial charge in [-0.2, -0.15) is 0 Å². The predicted octanol–water partition coefficient (Wildman–Crippen LogP) is 3.43. The van der Waals surface area contributed by atoms with Crippen LogP contribution >= 0.6 is 0 Å². The van der Waals surface area contributed by atoms with Crippen LogP contribution in [0, 0.1) is 5.41 Å². The number of carbonyl (C=O) groups is 1. The number of carbonyl (C=O) groups excluding carboxylic acids is 1. The van der Waals surface area contributed by atoms with E-state index >= 15 is 0 Å². The molecule has 1 aromatic rings. The minimum Gasteiger partial charge on any atom is -0.491 e. The van der Waals surface area contributed by atoms with Crippen LogP contribution in [0.25, 0.3) is 0 Å². The Balaban J connectivity index is 2.26. The number of rotatable bonds is 5. The van der Waals surface area contributed by atoms with Crippen molar-refractivity contribution in [3.05, 3.63) is 30.3 Å². The molecule has 0 amide bonds. The zero-order valence-corrected chi connectivity index (χ0v) is 11.6. The molecule has 0 radical (unpaired) electrons. The first-order chi connectivity index (χ1) is 8.39. The molecular weight excluding hydrogens is 228 g/mol. The van der Waals surface area contributed by atoms with Gasteiger partial charge in [-0.15, -0.1) is 0 Å². The molecule has 18 heavy (non-hydrogen) atoms. The molecule has 1 unspecified atom stereocenters. The molecule has 1 aromatic carbocycles. The fourth-order valence-electron chi connectivity index (χ4n) is 1.32. The molecule has 0 spiro atoms. The minimum absolute atomic E-state index is 0.0279. The average Bonchev–Trinajstić information content (AvgIpc) is 2.28. The van der Waals surface area contributed by atoms with Gasteiger partial charge in [-0.05, 0) is 39.8 Å². The molecule has 0 aromatic heterocycles. The van der Waals surface area contributed by atoms with E-state index < -0.39 is 5.41 Å². The summed E-state index contributed by atoms with van der Waals surface area (Å²) in [5, 5.41) is 0. The molecule has 0 saturated heterocycles. The molecule has 3 heteroatoms. The largest absolute Gasteiger partial charge is 0.491 e. The maximum absolute atomic E-state index is 11.5. The van der Waals surface area contributed by atoms with Gasteiger partial charge in [0.1, 0.15) is 5.75 Å². The molecule has 0 aliphatic rings. The van der Waals surface area contributed by atoms with Gasteiger partial charge in [-0.1, -0.05) is 18.2 Å². The highest BCUT2D eigenvalue weighted by Gasteiger charge is 2.22. The van der Waals surface area contributed by atoms with Crippen LogP contribution in [0.15, 0.2) is 30.3 Å². The number of esters is 1. The van der Waals surface area contributed by atoms with Gasteiger partial charge >= 0.3 is 5.97 Å². The quantitative estimate of drug-likeness (QED) is 0.751. The second kappa shape index (κ2) is 6.43. The lowest BCUT2D eigenvalue weighted by atomic mass is 9.97. The first kappa shape index (κ1) is 14.6. The number of ether oxygens (including phenoxy) is 2. The highest BCUT2D eigenvalue weighted by molar-refractivity contribution is 5.75. The van der Waals surface area contributed by atoms with Crippen molar-refractivity contribution in [1.82, 2.24) is 0 Å². The molecule has 0 fully saturated rings. The third kappa shape index (κ3) is 5.21. The summed E-state index contributed by atoms with van der Waals surface area (Å²) < 4.78 is 10.9. The SMILES string of the molecule is CC(CCOC(=O)C(C)(C)C)Oc1ccccc1. The lowest BCUT2D eigenvalue weighted by Crippen LogP contribution is -2.25. The van der Waals surface area contributed by atoms with Crippen molar-refractivity contribution in [2.24, 2.45) is 5.41 Å². The molecule has 1 rings (SSSR count). The summed E-state index contributed by atoms with van der Waals surface area (Å²) in [6, 6.07) is 9.64. The van der Waals surface area contributed by atoms with E-state index in [9.17, 15) is 4.79 Å². The number of para-hydroxylation sites is 1. The van der Waals surface area contributed by atoms with Gasteiger partial charge in [0.25, 0.3) is 0 Å². The maximum Gasteiger partial charge on any atom is 0.311 e. The van der Waals surface area contributed by atoms with Crippen LogP contribution in [0.5, 0.6) is 5.75 Å². The summed E-state index contributed by atoms with van der Waals surface area (Å²) in [7, 11) is 0. The normalized spacial score (nSPS) is 12.9. The van der Waals surface area contributed by atoms with E-state index in [1.807, 2.05) is 58.0 Å². The molecule has 100 valence electrons. The van der Waals surface area contributed by atoms with Crippen molar-refractivity contribution in [3.8, 4) is 5.75 Å². The third-order valence-electron chi connectivity index (χ3n) is 2.45. The van der Waals surface area contributed by atoms with Crippen LogP contribution in [0.3, 0.4) is 0 Å². The van der Waals surface area contributed by atoms with Crippen LogP contribution in [0.4, 0.5) is 0 Å². The third-order valence-corrected chi connectivity index (χ3v) is 2.45. The fourth-order valence-corrected chi connectivity index (χ4v) is 1.32. The van der Waals surface area contributed by atoms with Crippen molar-refractivity contribution >= 4 is 5.97 Å². The van der Waals surface area contributed by atoms with E-state index in [0.717, 1.165) is 5.75 Å². The summed E-state index contributed by atoms with van der Waals surface area (Å²) in [4.78, 5) is 11.5. The highest BCUT2D eigenvalue weighted by Crippen LogP contribution is 2.16. The smallest absolute Gasteiger partial charge is 0.311 e. The molecule has 1 atom stereocenters. The van der Waals surface area contributed by atoms with Gasteiger partial charge in [-0.3, -0.25) is 4.79 Å². The lowest BCUT2D eigenvalue weighted by Gasteiger charge is -2.18. The number of benzene rings is 1. The van der Waals surface area contributed by atoms with Crippen LogP contribution in [-0.2, 0) is 9.53 Å². The van der Waals surface area contributed by atoms with Gasteiger partial charge in [0.05, 0.1) is 18.1 Å². The summed E-state index contributed by atoms with van der Waals surface area (Å²) in [6.07, 6.45) is 0.719. The summed E-state index contributed by atoms with van der Waals surface area (Å²) in [5.41, 5.74) is -0.441. The van der Waals surface area contributed by atoms with E-state index in [0.29, 0.717) is 13.0 Å². The summed E-state index contributed by atoms with van der Waals surface area (Å²) in [6.45, 7) is 7.90. The van der Waals surface area contributed by atoms with E-state index in [1.165, 1.54) is 0 Å². The highest BCUT2D eigenvalue weighted by atomic mass is 16.5. The van der Waals surface area contributed by atoms with Gasteiger partial charge < -0.3 is 9.47 Å². The zero-order valence-electron chi connectivity index (χ0n) is 11.6. The standard InChI is InChI=1S/C15H22O3/c1-12(18-13-8-6-5-7-9-13)10-11-17-14(16)15(2,3)4/h5-9,12H,10-11H2,1-4H3. The Kier molecular flexibility index (Phi) is 5.20. The van der Waals surface area contributed by atoms with E-state index in [-0.39, 0.29) is 12.1 Å². The molecule has 0 bridgehead atoms. The van der Waals surface area contributed by atoms with Crippen molar-refractivity contribution in [1.29, 1.82) is 0 Å². The Labute approximate surface area is 109 Å². The van der Waals surface area contributed by atoms with Crippen molar-refractivity contribution in [3.63, 3.8) is 0 Å². The van der Waals surface area contributed by atoms with Crippen LogP contribution in [0.1, 0.15) is 34.1 Å².